The Kier molecular flexibility index (Phi) is 5.25. The van der Waals surface area contributed by atoms with Crippen molar-refractivity contribution in [3.05, 3.63) is 59.2 Å². The third kappa shape index (κ3) is 3.99. The number of fused-ring (bicyclic) bond motifs is 1. The van der Waals surface area contributed by atoms with Gasteiger partial charge in [-0.2, -0.15) is 0 Å². The molecule has 6 nitrogen and oxygen atoms in total. The van der Waals surface area contributed by atoms with Gasteiger partial charge in [-0.1, -0.05) is 24.3 Å². The van der Waals surface area contributed by atoms with E-state index in [0.29, 0.717) is 32.6 Å². The monoisotopic (exact) mass is 382 g/mol. The number of benzene rings is 1. The maximum atomic E-state index is 13.2. The zero-order valence-electron chi connectivity index (χ0n) is 15.6. The van der Waals surface area contributed by atoms with Gasteiger partial charge >= 0.3 is 0 Å². The molecule has 0 radical (unpaired) electrons. The van der Waals surface area contributed by atoms with E-state index in [1.165, 1.54) is 18.3 Å². The van der Waals surface area contributed by atoms with Crippen LogP contribution >= 0.6 is 0 Å². The maximum Gasteiger partial charge on any atom is 0.234 e. The second kappa shape index (κ2) is 7.98. The van der Waals surface area contributed by atoms with Crippen molar-refractivity contribution in [2.75, 3.05) is 37.6 Å². The summed E-state index contributed by atoms with van der Waals surface area (Å²) in [5.41, 5.74) is 3.54. The van der Waals surface area contributed by atoms with Crippen LogP contribution in [-0.2, 0) is 17.8 Å². The summed E-state index contributed by atoms with van der Waals surface area (Å²) < 4.78 is 13.2. The summed E-state index contributed by atoms with van der Waals surface area (Å²) in [5.74, 6) is -0.0664. The number of rotatable bonds is 5. The number of amides is 1. The average Bonchev–Trinajstić information content (AvgIpc) is 2.69. The van der Waals surface area contributed by atoms with E-state index in [2.05, 4.69) is 20.1 Å². The van der Waals surface area contributed by atoms with E-state index in [9.17, 15) is 14.3 Å². The maximum absolute atomic E-state index is 13.2. The van der Waals surface area contributed by atoms with E-state index in [4.69, 9.17) is 0 Å². The number of nitrogens with zero attached hydrogens (tertiary/aromatic N) is 3. The van der Waals surface area contributed by atoms with Crippen molar-refractivity contribution in [3.8, 4) is 5.75 Å². The lowest BCUT2D eigenvalue weighted by Crippen LogP contribution is -2.48. The van der Waals surface area contributed by atoms with Gasteiger partial charge in [0.05, 0.1) is 24.1 Å². The van der Waals surface area contributed by atoms with Crippen molar-refractivity contribution in [3.63, 3.8) is 0 Å². The summed E-state index contributed by atoms with van der Waals surface area (Å²) in [6.07, 6.45) is 6.24. The summed E-state index contributed by atoms with van der Waals surface area (Å²) in [6.45, 7) is 3.88. The molecule has 1 amide bonds. The minimum Gasteiger partial charge on any atom is -0.504 e. The Balaban J connectivity index is 1.53. The first-order valence-corrected chi connectivity index (χ1v) is 9.46. The lowest BCUT2D eigenvalue weighted by molar-refractivity contribution is -0.124. The number of nitrogens with one attached hydrogen (secondary N) is 1. The number of hydrogen-bond acceptors (Lipinski definition) is 5. The largest absolute Gasteiger partial charge is 0.504 e. The number of aromatic hydroxyl groups is 1. The van der Waals surface area contributed by atoms with E-state index in [0.717, 1.165) is 35.6 Å². The Morgan fingerprint density at radius 1 is 1.25 bits per heavy atom. The van der Waals surface area contributed by atoms with E-state index < -0.39 is 0 Å². The van der Waals surface area contributed by atoms with Crippen LogP contribution in [0, 0.1) is 5.82 Å². The highest BCUT2D eigenvalue weighted by Crippen LogP contribution is 2.37. The number of piperazine rings is 1. The Morgan fingerprint density at radius 3 is 2.86 bits per heavy atom. The molecule has 4 rings (SSSR count). The summed E-state index contributed by atoms with van der Waals surface area (Å²) in [6, 6.07) is 6.41. The van der Waals surface area contributed by atoms with Gasteiger partial charge in [0.2, 0.25) is 5.91 Å². The molecule has 2 aromatic rings. The van der Waals surface area contributed by atoms with Gasteiger partial charge in [0.1, 0.15) is 5.82 Å². The Morgan fingerprint density at radius 2 is 2.07 bits per heavy atom. The zero-order chi connectivity index (χ0) is 19.5. The molecule has 146 valence electrons. The molecule has 0 aliphatic carbocycles. The van der Waals surface area contributed by atoms with Crippen molar-refractivity contribution in [1.82, 2.24) is 15.2 Å². The fraction of sp³-hybridized carbons (Fsp3) is 0.333. The quantitative estimate of drug-likeness (QED) is 0.827. The highest BCUT2D eigenvalue weighted by atomic mass is 19.1. The van der Waals surface area contributed by atoms with E-state index in [1.54, 1.807) is 12.1 Å². The molecule has 1 saturated heterocycles. The molecule has 3 heterocycles. The topological polar surface area (TPSA) is 68.7 Å². The number of carbonyl (C=O) groups excluding carboxylic acids is 1. The zero-order valence-corrected chi connectivity index (χ0v) is 15.6. The van der Waals surface area contributed by atoms with Gasteiger partial charge in [-0.05, 0) is 17.7 Å². The lowest BCUT2D eigenvalue weighted by Gasteiger charge is -2.30. The Hall–Kier alpha value is -2.93. The van der Waals surface area contributed by atoms with Crippen LogP contribution < -0.4 is 10.2 Å². The van der Waals surface area contributed by atoms with E-state index in [-0.39, 0.29) is 17.5 Å². The van der Waals surface area contributed by atoms with Crippen LogP contribution in [0.4, 0.5) is 10.1 Å². The molecular formula is C21H23FN4O2. The molecule has 0 unspecified atom stereocenters. The van der Waals surface area contributed by atoms with Crippen LogP contribution in [0.2, 0.25) is 0 Å². The smallest absolute Gasteiger partial charge is 0.234 e. The fourth-order valence-corrected chi connectivity index (χ4v) is 3.74. The molecule has 0 saturated carbocycles. The standard InChI is InChI=1S/C21H23FN4O2/c22-16-5-3-15(4-6-16)13-26-9-1-2-17-18(24-12-19(27)21(17)26)7-10-25-11-8-23-20(28)14-25/h1-6,12,27H,7-11,13-14H2,(H,23,28). The molecule has 0 spiro atoms. The van der Waals surface area contributed by atoms with Crippen LogP contribution in [0.3, 0.4) is 0 Å². The van der Waals surface area contributed by atoms with E-state index in [1.807, 2.05) is 12.2 Å². The van der Waals surface area contributed by atoms with Gasteiger partial charge in [0.15, 0.2) is 5.75 Å². The predicted molar refractivity (Wildman–Crippen MR) is 106 cm³/mol. The first-order valence-electron chi connectivity index (χ1n) is 9.46. The third-order valence-electron chi connectivity index (χ3n) is 5.15. The Labute approximate surface area is 163 Å². The normalized spacial score (nSPS) is 16.8. The molecule has 2 N–H and O–H groups in total. The summed E-state index contributed by atoms with van der Waals surface area (Å²) in [7, 11) is 0. The minimum atomic E-state index is -0.261. The van der Waals surface area contributed by atoms with Crippen molar-refractivity contribution in [2.24, 2.45) is 0 Å². The molecule has 2 aliphatic rings. The summed E-state index contributed by atoms with van der Waals surface area (Å²) in [5, 5.41) is 13.3. The van der Waals surface area contributed by atoms with E-state index >= 15 is 0 Å². The third-order valence-corrected chi connectivity index (χ3v) is 5.15. The molecule has 2 aliphatic heterocycles. The second-order valence-corrected chi connectivity index (χ2v) is 7.14. The number of pyridine rings is 1. The number of hydrogen-bond donors (Lipinski definition) is 2. The molecule has 1 fully saturated rings. The highest BCUT2D eigenvalue weighted by molar-refractivity contribution is 5.79. The first kappa shape index (κ1) is 18.4. The number of halogens is 1. The van der Waals surface area contributed by atoms with Crippen molar-refractivity contribution >= 4 is 17.7 Å². The minimum absolute atomic E-state index is 0.0531. The van der Waals surface area contributed by atoms with Crippen LogP contribution in [0.1, 0.15) is 16.8 Å². The molecule has 0 atom stereocenters. The van der Waals surface area contributed by atoms with Gasteiger partial charge in [-0.3, -0.25) is 14.7 Å². The molecule has 7 heteroatoms. The van der Waals surface area contributed by atoms with Gasteiger partial charge < -0.3 is 15.3 Å². The molecule has 28 heavy (non-hydrogen) atoms. The van der Waals surface area contributed by atoms with Crippen LogP contribution in [0.25, 0.3) is 6.08 Å². The molecule has 0 bridgehead atoms. The second-order valence-electron chi connectivity index (χ2n) is 7.14. The van der Waals surface area contributed by atoms with Gasteiger partial charge in [-0.15, -0.1) is 0 Å². The molecule has 1 aromatic carbocycles. The molecule has 1 aromatic heterocycles. The van der Waals surface area contributed by atoms with Gasteiger partial charge in [0, 0.05) is 44.7 Å². The average molecular weight is 382 g/mol. The summed E-state index contributed by atoms with van der Waals surface area (Å²) >= 11 is 0. The fourth-order valence-electron chi connectivity index (χ4n) is 3.74. The number of carbonyl (C=O) groups is 1. The summed E-state index contributed by atoms with van der Waals surface area (Å²) in [4.78, 5) is 20.2. The van der Waals surface area contributed by atoms with Crippen molar-refractivity contribution in [1.29, 1.82) is 0 Å². The van der Waals surface area contributed by atoms with Gasteiger partial charge in [-0.25, -0.2) is 4.39 Å². The van der Waals surface area contributed by atoms with Crippen LogP contribution in [0.15, 0.2) is 36.5 Å². The highest BCUT2D eigenvalue weighted by Gasteiger charge is 2.22. The SMILES string of the molecule is O=C1CN(CCc2ncc(O)c3c2C=CCN3Cc2ccc(F)cc2)CCN1. The van der Waals surface area contributed by atoms with Crippen molar-refractivity contribution < 1.29 is 14.3 Å². The van der Waals surface area contributed by atoms with Gasteiger partial charge in [0.25, 0.3) is 0 Å². The first-order chi connectivity index (χ1) is 13.6. The van der Waals surface area contributed by atoms with Crippen LogP contribution in [-0.4, -0.2) is 53.6 Å². The van der Waals surface area contributed by atoms with Crippen LogP contribution in [0.5, 0.6) is 5.75 Å². The Bertz CT molecular complexity index is 898. The van der Waals surface area contributed by atoms with Crippen molar-refractivity contribution in [2.45, 2.75) is 13.0 Å². The molecular weight excluding hydrogens is 359 g/mol. The predicted octanol–water partition coefficient (Wildman–Crippen LogP) is 1.93. The number of anilines is 1. The lowest BCUT2D eigenvalue weighted by atomic mass is 10.0. The number of aromatic nitrogens is 1.